The lowest BCUT2D eigenvalue weighted by molar-refractivity contribution is 1.22. The van der Waals surface area contributed by atoms with Gasteiger partial charge in [0.05, 0.1) is 11.4 Å². The number of nitrogens with zero attached hydrogens (tertiary/aromatic N) is 2. The number of rotatable bonds is 2. The summed E-state index contributed by atoms with van der Waals surface area (Å²) >= 11 is 0. The number of aromatic nitrogens is 2. The first kappa shape index (κ1) is 9.59. The Bertz CT molecular complexity index is 489. The Morgan fingerprint density at radius 3 is 2.80 bits per heavy atom. The summed E-state index contributed by atoms with van der Waals surface area (Å²) < 4.78 is 0. The molecular formula is C13H12N2. The molecule has 2 nitrogen and oxygen atoms in total. The summed E-state index contributed by atoms with van der Waals surface area (Å²) in [5.74, 6) is 0. The predicted octanol–water partition coefficient (Wildman–Crippen LogP) is 3.10. The highest BCUT2D eigenvalue weighted by Gasteiger charge is 2.04. The normalized spacial score (nSPS) is 9.93. The summed E-state index contributed by atoms with van der Waals surface area (Å²) in [7, 11) is 0. The molecule has 74 valence electrons. The SMILES string of the molecule is C=Cc1cccnc1-c1cc(C)ccn1. The third kappa shape index (κ3) is 1.94. The Morgan fingerprint density at radius 2 is 2.07 bits per heavy atom. The molecule has 0 fully saturated rings. The molecule has 0 N–H and O–H groups in total. The summed E-state index contributed by atoms with van der Waals surface area (Å²) in [6.07, 6.45) is 5.37. The minimum Gasteiger partial charge on any atom is -0.255 e. The maximum atomic E-state index is 4.33. The standard InChI is InChI=1S/C13H12N2/c1-3-11-5-4-7-15-13(11)12-9-10(2)6-8-14-12/h3-9H,1H2,2H3. The fourth-order valence-electron chi connectivity index (χ4n) is 1.46. The first-order valence-electron chi connectivity index (χ1n) is 4.82. The number of hydrogen-bond acceptors (Lipinski definition) is 2. The van der Waals surface area contributed by atoms with Crippen LogP contribution in [-0.4, -0.2) is 9.97 Å². The Balaban J connectivity index is 2.58. The molecule has 0 saturated carbocycles. The molecule has 0 unspecified atom stereocenters. The van der Waals surface area contributed by atoms with Gasteiger partial charge in [0, 0.05) is 18.0 Å². The Hall–Kier alpha value is -1.96. The van der Waals surface area contributed by atoms with Gasteiger partial charge in [-0.2, -0.15) is 0 Å². The van der Waals surface area contributed by atoms with Crippen molar-refractivity contribution in [1.82, 2.24) is 9.97 Å². The molecule has 2 heteroatoms. The van der Waals surface area contributed by atoms with Crippen LogP contribution < -0.4 is 0 Å². The van der Waals surface area contributed by atoms with Gasteiger partial charge in [0.1, 0.15) is 0 Å². The monoisotopic (exact) mass is 196 g/mol. The lowest BCUT2D eigenvalue weighted by Crippen LogP contribution is -1.90. The van der Waals surface area contributed by atoms with E-state index in [1.54, 1.807) is 18.5 Å². The third-order valence-corrected chi connectivity index (χ3v) is 2.22. The number of pyridine rings is 2. The average molecular weight is 196 g/mol. The Morgan fingerprint density at radius 1 is 1.20 bits per heavy atom. The van der Waals surface area contributed by atoms with Gasteiger partial charge in [-0.15, -0.1) is 0 Å². The zero-order valence-electron chi connectivity index (χ0n) is 8.64. The fraction of sp³-hybridized carbons (Fsp3) is 0.0769. The van der Waals surface area contributed by atoms with E-state index in [0.717, 1.165) is 17.0 Å². The van der Waals surface area contributed by atoms with Crippen molar-refractivity contribution < 1.29 is 0 Å². The van der Waals surface area contributed by atoms with Crippen LogP contribution in [0, 0.1) is 6.92 Å². The Labute approximate surface area is 89.3 Å². The maximum Gasteiger partial charge on any atom is 0.0958 e. The van der Waals surface area contributed by atoms with Crippen LogP contribution in [0.3, 0.4) is 0 Å². The van der Waals surface area contributed by atoms with E-state index in [4.69, 9.17) is 0 Å². The zero-order valence-corrected chi connectivity index (χ0v) is 8.64. The number of hydrogen-bond donors (Lipinski definition) is 0. The van der Waals surface area contributed by atoms with Gasteiger partial charge in [0.2, 0.25) is 0 Å². The second kappa shape index (κ2) is 4.05. The maximum absolute atomic E-state index is 4.33. The fourth-order valence-corrected chi connectivity index (χ4v) is 1.46. The van der Waals surface area contributed by atoms with Crippen LogP contribution in [0.2, 0.25) is 0 Å². The molecule has 15 heavy (non-hydrogen) atoms. The van der Waals surface area contributed by atoms with Gasteiger partial charge in [-0.25, -0.2) is 0 Å². The molecule has 2 aromatic heterocycles. The number of aryl methyl sites for hydroxylation is 1. The minimum absolute atomic E-state index is 0.885. The summed E-state index contributed by atoms with van der Waals surface area (Å²) in [4.78, 5) is 8.64. The molecule has 2 rings (SSSR count). The van der Waals surface area contributed by atoms with Crippen LogP contribution in [0.5, 0.6) is 0 Å². The molecule has 0 aromatic carbocycles. The van der Waals surface area contributed by atoms with Crippen molar-refractivity contribution in [3.63, 3.8) is 0 Å². The van der Waals surface area contributed by atoms with Crippen molar-refractivity contribution in [2.45, 2.75) is 6.92 Å². The van der Waals surface area contributed by atoms with E-state index in [9.17, 15) is 0 Å². The van der Waals surface area contributed by atoms with Crippen molar-refractivity contribution >= 4 is 6.08 Å². The van der Waals surface area contributed by atoms with Crippen LogP contribution in [0.25, 0.3) is 17.5 Å². The van der Waals surface area contributed by atoms with Crippen molar-refractivity contribution in [1.29, 1.82) is 0 Å². The van der Waals surface area contributed by atoms with E-state index in [-0.39, 0.29) is 0 Å². The van der Waals surface area contributed by atoms with E-state index in [1.807, 2.05) is 31.2 Å². The predicted molar refractivity (Wildman–Crippen MR) is 62.3 cm³/mol. The molecule has 0 spiro atoms. The molecule has 0 saturated heterocycles. The summed E-state index contributed by atoms with van der Waals surface area (Å²) in [6.45, 7) is 5.82. The van der Waals surface area contributed by atoms with E-state index in [0.29, 0.717) is 0 Å². The van der Waals surface area contributed by atoms with E-state index in [1.165, 1.54) is 5.56 Å². The highest BCUT2D eigenvalue weighted by atomic mass is 14.8. The topological polar surface area (TPSA) is 25.8 Å². The first-order chi connectivity index (χ1) is 7.31. The average Bonchev–Trinajstić information content (AvgIpc) is 2.29. The molecule has 2 heterocycles. The molecule has 0 atom stereocenters. The summed E-state index contributed by atoms with van der Waals surface area (Å²) in [6, 6.07) is 7.88. The molecule has 0 aliphatic carbocycles. The van der Waals surface area contributed by atoms with Gasteiger partial charge in [-0.05, 0) is 30.7 Å². The van der Waals surface area contributed by atoms with Crippen LogP contribution >= 0.6 is 0 Å². The first-order valence-corrected chi connectivity index (χ1v) is 4.82. The summed E-state index contributed by atoms with van der Waals surface area (Å²) in [5, 5.41) is 0. The van der Waals surface area contributed by atoms with Crippen molar-refractivity contribution in [3.05, 3.63) is 54.4 Å². The molecule has 0 amide bonds. The van der Waals surface area contributed by atoms with Gasteiger partial charge in [-0.3, -0.25) is 9.97 Å². The highest BCUT2D eigenvalue weighted by Crippen LogP contribution is 2.20. The second-order valence-corrected chi connectivity index (χ2v) is 3.36. The van der Waals surface area contributed by atoms with Gasteiger partial charge in [0.15, 0.2) is 0 Å². The highest BCUT2D eigenvalue weighted by molar-refractivity contribution is 5.68. The van der Waals surface area contributed by atoms with Crippen LogP contribution in [0.4, 0.5) is 0 Å². The van der Waals surface area contributed by atoms with Crippen molar-refractivity contribution in [3.8, 4) is 11.4 Å². The van der Waals surface area contributed by atoms with E-state index in [2.05, 4.69) is 16.5 Å². The Kier molecular flexibility index (Phi) is 2.59. The smallest absolute Gasteiger partial charge is 0.0958 e. The van der Waals surface area contributed by atoms with E-state index >= 15 is 0 Å². The van der Waals surface area contributed by atoms with Gasteiger partial charge in [0.25, 0.3) is 0 Å². The molecule has 0 radical (unpaired) electrons. The minimum atomic E-state index is 0.885. The molecule has 0 bridgehead atoms. The molecular weight excluding hydrogens is 184 g/mol. The quantitative estimate of drug-likeness (QED) is 0.737. The molecule has 0 aliphatic rings. The largest absolute Gasteiger partial charge is 0.255 e. The van der Waals surface area contributed by atoms with E-state index < -0.39 is 0 Å². The van der Waals surface area contributed by atoms with Gasteiger partial charge < -0.3 is 0 Å². The zero-order chi connectivity index (χ0) is 10.7. The van der Waals surface area contributed by atoms with Crippen molar-refractivity contribution in [2.75, 3.05) is 0 Å². The van der Waals surface area contributed by atoms with Gasteiger partial charge >= 0.3 is 0 Å². The molecule has 2 aromatic rings. The van der Waals surface area contributed by atoms with Crippen LogP contribution in [-0.2, 0) is 0 Å². The van der Waals surface area contributed by atoms with Crippen molar-refractivity contribution in [2.24, 2.45) is 0 Å². The second-order valence-electron chi connectivity index (χ2n) is 3.36. The summed E-state index contributed by atoms with van der Waals surface area (Å²) in [5.41, 5.74) is 3.97. The lowest BCUT2D eigenvalue weighted by atomic mass is 10.1. The molecule has 0 aliphatic heterocycles. The van der Waals surface area contributed by atoms with Gasteiger partial charge in [-0.1, -0.05) is 18.7 Å². The lowest BCUT2D eigenvalue weighted by Gasteiger charge is -2.04. The van der Waals surface area contributed by atoms with Crippen LogP contribution in [0.15, 0.2) is 43.2 Å². The third-order valence-electron chi connectivity index (χ3n) is 2.22. The van der Waals surface area contributed by atoms with Crippen LogP contribution in [0.1, 0.15) is 11.1 Å².